The predicted octanol–water partition coefficient (Wildman–Crippen LogP) is 0.321. The molecule has 0 aromatic heterocycles. The molecule has 1 rings (SSSR count). The quantitative estimate of drug-likeness (QED) is 0.412. The molecule has 0 radical (unpaired) electrons. The number of ether oxygens (including phenoxy) is 2. The fourth-order valence-corrected chi connectivity index (χ4v) is 2.08. The minimum Gasteiger partial charge on any atom is -0.450 e. The predicted molar refractivity (Wildman–Crippen MR) is 83.4 cm³/mol. The highest BCUT2D eigenvalue weighted by Gasteiger charge is 2.21. The standard InChI is InChI=1S/C15H24N4O4/c1-3-23-15(21)19-8-6-18(7-9-19)12-13(11-16)14(20)17-5-4-10-22-2/h12H,3-10H2,1-2H3,(H,17,20)/b13-12-. The van der Waals surface area contributed by atoms with Gasteiger partial charge < -0.3 is 24.6 Å². The highest BCUT2D eigenvalue weighted by molar-refractivity contribution is 5.97. The Hall–Kier alpha value is -2.27. The zero-order chi connectivity index (χ0) is 17.1. The van der Waals surface area contributed by atoms with Crippen molar-refractivity contribution in [2.45, 2.75) is 13.3 Å². The smallest absolute Gasteiger partial charge is 0.409 e. The fourth-order valence-electron chi connectivity index (χ4n) is 2.08. The zero-order valence-corrected chi connectivity index (χ0v) is 13.7. The van der Waals surface area contributed by atoms with Gasteiger partial charge in [-0.05, 0) is 13.3 Å². The molecule has 1 aliphatic rings. The van der Waals surface area contributed by atoms with E-state index < -0.39 is 5.91 Å². The summed E-state index contributed by atoms with van der Waals surface area (Å²) in [4.78, 5) is 27.0. The normalized spacial score (nSPS) is 15.1. The van der Waals surface area contributed by atoms with Crippen molar-refractivity contribution >= 4 is 12.0 Å². The lowest BCUT2D eigenvalue weighted by Gasteiger charge is -2.33. The van der Waals surface area contributed by atoms with E-state index in [9.17, 15) is 9.59 Å². The number of piperazine rings is 1. The molecule has 8 nitrogen and oxygen atoms in total. The number of amides is 2. The van der Waals surface area contributed by atoms with Gasteiger partial charge in [-0.3, -0.25) is 4.79 Å². The third-order valence-electron chi connectivity index (χ3n) is 3.33. The third-order valence-corrected chi connectivity index (χ3v) is 3.33. The van der Waals surface area contributed by atoms with E-state index in [4.69, 9.17) is 14.7 Å². The van der Waals surface area contributed by atoms with E-state index in [1.807, 2.05) is 11.0 Å². The summed E-state index contributed by atoms with van der Waals surface area (Å²) in [7, 11) is 1.60. The third kappa shape index (κ3) is 6.57. The van der Waals surface area contributed by atoms with E-state index >= 15 is 0 Å². The molecule has 128 valence electrons. The lowest BCUT2D eigenvalue weighted by atomic mass is 10.2. The van der Waals surface area contributed by atoms with Crippen molar-refractivity contribution in [3.63, 3.8) is 0 Å². The van der Waals surface area contributed by atoms with Gasteiger partial charge in [0.25, 0.3) is 5.91 Å². The van der Waals surface area contributed by atoms with Crippen LogP contribution in [0.15, 0.2) is 11.8 Å². The fraction of sp³-hybridized carbons (Fsp3) is 0.667. The Labute approximate surface area is 136 Å². The van der Waals surface area contributed by atoms with Gasteiger partial charge in [-0.2, -0.15) is 5.26 Å². The van der Waals surface area contributed by atoms with E-state index in [0.29, 0.717) is 52.4 Å². The SMILES string of the molecule is CCOC(=O)N1CCN(/C=C(/C#N)C(=O)NCCCOC)CC1. The highest BCUT2D eigenvalue weighted by atomic mass is 16.6. The number of rotatable bonds is 7. The maximum atomic E-state index is 11.9. The number of nitrogens with zero attached hydrogens (tertiary/aromatic N) is 3. The monoisotopic (exact) mass is 324 g/mol. The summed E-state index contributed by atoms with van der Waals surface area (Å²) >= 11 is 0. The Balaban J connectivity index is 2.46. The largest absolute Gasteiger partial charge is 0.450 e. The van der Waals surface area contributed by atoms with Crippen molar-refractivity contribution in [3.05, 3.63) is 11.8 Å². The molecule has 1 N–H and O–H groups in total. The number of carbonyl (C=O) groups is 2. The number of hydrogen-bond acceptors (Lipinski definition) is 6. The maximum Gasteiger partial charge on any atom is 0.409 e. The first-order valence-electron chi connectivity index (χ1n) is 7.67. The summed E-state index contributed by atoms with van der Waals surface area (Å²) in [5, 5.41) is 11.8. The topological polar surface area (TPSA) is 94.9 Å². The van der Waals surface area contributed by atoms with Crippen LogP contribution in [0.4, 0.5) is 4.79 Å². The van der Waals surface area contributed by atoms with E-state index in [0.717, 1.165) is 0 Å². The number of carbonyl (C=O) groups excluding carboxylic acids is 2. The molecule has 0 saturated carbocycles. The van der Waals surface area contributed by atoms with E-state index in [1.165, 1.54) is 0 Å². The molecular formula is C15H24N4O4. The summed E-state index contributed by atoms with van der Waals surface area (Å²) in [6.07, 6.45) is 1.92. The van der Waals surface area contributed by atoms with Gasteiger partial charge in [0, 0.05) is 52.6 Å². The van der Waals surface area contributed by atoms with Gasteiger partial charge >= 0.3 is 6.09 Å². The van der Waals surface area contributed by atoms with Gasteiger partial charge in [0.1, 0.15) is 11.6 Å². The minimum absolute atomic E-state index is 0.0620. The number of hydrogen-bond donors (Lipinski definition) is 1. The van der Waals surface area contributed by atoms with Crippen molar-refractivity contribution in [3.8, 4) is 6.07 Å². The van der Waals surface area contributed by atoms with Crippen LogP contribution < -0.4 is 5.32 Å². The molecule has 2 amide bonds. The molecule has 0 aromatic rings. The van der Waals surface area contributed by atoms with Crippen molar-refractivity contribution < 1.29 is 19.1 Å². The Kier molecular flexibility index (Phi) is 8.54. The summed E-state index contributed by atoms with van der Waals surface area (Å²) in [6.45, 7) is 5.25. The van der Waals surface area contributed by atoms with Gasteiger partial charge in [0.05, 0.1) is 6.61 Å². The Morgan fingerprint density at radius 1 is 1.30 bits per heavy atom. The summed E-state index contributed by atoms with van der Waals surface area (Å²) in [6, 6.07) is 1.92. The molecule has 0 unspecified atom stereocenters. The molecule has 1 aliphatic heterocycles. The highest BCUT2D eigenvalue weighted by Crippen LogP contribution is 2.06. The average molecular weight is 324 g/mol. The Bertz CT molecular complexity index is 465. The second kappa shape index (κ2) is 10.5. The molecule has 0 spiro atoms. The van der Waals surface area contributed by atoms with Crippen LogP contribution >= 0.6 is 0 Å². The number of nitriles is 1. The molecule has 0 atom stereocenters. The maximum absolute atomic E-state index is 11.9. The average Bonchev–Trinajstić information content (AvgIpc) is 2.57. The summed E-state index contributed by atoms with van der Waals surface area (Å²) < 4.78 is 9.84. The molecule has 1 heterocycles. The van der Waals surface area contributed by atoms with Crippen LogP contribution in [-0.4, -0.2) is 74.8 Å². The summed E-state index contributed by atoms with van der Waals surface area (Å²) in [5.74, 6) is -0.392. The Morgan fingerprint density at radius 2 is 2.00 bits per heavy atom. The number of nitrogens with one attached hydrogen (secondary N) is 1. The van der Waals surface area contributed by atoms with Crippen LogP contribution in [0.5, 0.6) is 0 Å². The van der Waals surface area contributed by atoms with Crippen LogP contribution in [0.1, 0.15) is 13.3 Å². The first kappa shape index (κ1) is 18.8. The molecule has 8 heteroatoms. The van der Waals surface area contributed by atoms with E-state index in [-0.39, 0.29) is 11.7 Å². The van der Waals surface area contributed by atoms with Crippen LogP contribution in [0.2, 0.25) is 0 Å². The van der Waals surface area contributed by atoms with Crippen molar-refractivity contribution in [1.29, 1.82) is 5.26 Å². The van der Waals surface area contributed by atoms with Crippen LogP contribution in [0.25, 0.3) is 0 Å². The molecule has 1 fully saturated rings. The van der Waals surface area contributed by atoms with Crippen LogP contribution in [-0.2, 0) is 14.3 Å². The van der Waals surface area contributed by atoms with Gasteiger partial charge in [0.2, 0.25) is 0 Å². The van der Waals surface area contributed by atoms with Crippen molar-refractivity contribution in [2.24, 2.45) is 0 Å². The van der Waals surface area contributed by atoms with Crippen LogP contribution in [0, 0.1) is 11.3 Å². The van der Waals surface area contributed by atoms with Crippen molar-refractivity contribution in [2.75, 3.05) is 53.0 Å². The number of methoxy groups -OCH3 is 1. The lowest BCUT2D eigenvalue weighted by molar-refractivity contribution is -0.117. The molecule has 23 heavy (non-hydrogen) atoms. The van der Waals surface area contributed by atoms with E-state index in [2.05, 4.69) is 5.32 Å². The molecule has 0 bridgehead atoms. The lowest BCUT2D eigenvalue weighted by Crippen LogP contribution is -2.47. The second-order valence-electron chi connectivity index (χ2n) is 4.98. The van der Waals surface area contributed by atoms with Gasteiger partial charge in [-0.25, -0.2) is 4.79 Å². The molecule has 1 saturated heterocycles. The van der Waals surface area contributed by atoms with Crippen LogP contribution in [0.3, 0.4) is 0 Å². The van der Waals surface area contributed by atoms with Gasteiger partial charge in [-0.1, -0.05) is 0 Å². The first-order chi connectivity index (χ1) is 11.1. The van der Waals surface area contributed by atoms with Gasteiger partial charge in [-0.15, -0.1) is 0 Å². The molecule has 0 aliphatic carbocycles. The first-order valence-corrected chi connectivity index (χ1v) is 7.67. The van der Waals surface area contributed by atoms with E-state index in [1.54, 1.807) is 25.1 Å². The zero-order valence-electron chi connectivity index (χ0n) is 13.7. The van der Waals surface area contributed by atoms with Crippen molar-refractivity contribution in [1.82, 2.24) is 15.1 Å². The second-order valence-corrected chi connectivity index (χ2v) is 4.98. The Morgan fingerprint density at radius 3 is 2.57 bits per heavy atom. The molecule has 0 aromatic carbocycles. The van der Waals surface area contributed by atoms with Gasteiger partial charge in [0.15, 0.2) is 0 Å². The summed E-state index contributed by atoms with van der Waals surface area (Å²) in [5.41, 5.74) is 0.0620. The minimum atomic E-state index is -0.392. The molecular weight excluding hydrogens is 300 g/mol.